The zero-order valence-corrected chi connectivity index (χ0v) is 34.5. The SMILES string of the molecule is CCC(C)(CC)C1CC(C(C)(CC)CC)CC2(C1)C1CC3CCCCC3CC1C1C3CC4C5CCCCC5C(C(C)C)CC4C3CC(C)C12. The van der Waals surface area contributed by atoms with Crippen LogP contribution in [0.4, 0.5) is 0 Å². The van der Waals surface area contributed by atoms with Crippen molar-refractivity contribution in [3.8, 4) is 0 Å². The van der Waals surface area contributed by atoms with Crippen LogP contribution in [0.25, 0.3) is 0 Å². The first-order valence-corrected chi connectivity index (χ1v) is 23.5. The Morgan fingerprint density at radius 1 is 0.551 bits per heavy atom. The zero-order valence-electron chi connectivity index (χ0n) is 34.5. The average molecular weight is 673 g/mol. The van der Waals surface area contributed by atoms with Crippen LogP contribution in [-0.4, -0.2) is 0 Å². The molecule has 0 radical (unpaired) electrons. The smallest absolute Gasteiger partial charge is 0.0227 e. The molecule has 0 heteroatoms. The molecule has 16 atom stereocenters. The standard InChI is InChI=1S/C49H84/c1-10-47(8,11-2)34-25-35(48(9,12-3)13-4)29-49(28-34)44-24-33-19-15-14-18-32(33)23-43(44)45-42-27-40-37-21-17-16-20-36(37)38(30(5)6)26-41(40)39(42)22-31(7)46(45)49/h30-46H,10-29H2,1-9H3. The van der Waals surface area contributed by atoms with Gasteiger partial charge in [-0.2, -0.15) is 0 Å². The Morgan fingerprint density at radius 3 is 1.67 bits per heavy atom. The molecule has 0 N–H and O–H groups in total. The number of fused-ring (bicyclic) bond motifs is 12. The third-order valence-electron chi connectivity index (χ3n) is 21.4. The van der Waals surface area contributed by atoms with Crippen molar-refractivity contribution in [1.82, 2.24) is 0 Å². The summed E-state index contributed by atoms with van der Waals surface area (Å²) in [7, 11) is 0. The molecule has 0 bridgehead atoms. The maximum Gasteiger partial charge on any atom is -0.0227 e. The van der Waals surface area contributed by atoms with E-state index in [2.05, 4.69) is 62.3 Å². The van der Waals surface area contributed by atoms with Gasteiger partial charge in [0.05, 0.1) is 0 Å². The van der Waals surface area contributed by atoms with Crippen molar-refractivity contribution < 1.29 is 0 Å². The van der Waals surface area contributed by atoms with Gasteiger partial charge in [-0.1, -0.05) is 127 Å². The molecule has 0 aromatic carbocycles. The molecule has 0 amide bonds. The third kappa shape index (κ3) is 5.49. The average Bonchev–Trinajstić information content (AvgIpc) is 3.62. The molecule has 8 aliphatic carbocycles. The lowest BCUT2D eigenvalue weighted by Gasteiger charge is -2.60. The summed E-state index contributed by atoms with van der Waals surface area (Å²) in [6.07, 6.45) is 31.1. The predicted octanol–water partition coefficient (Wildman–Crippen LogP) is 14.5. The molecule has 8 aliphatic rings. The van der Waals surface area contributed by atoms with Crippen LogP contribution in [-0.2, 0) is 0 Å². The molecule has 8 saturated carbocycles. The van der Waals surface area contributed by atoms with Gasteiger partial charge in [0.25, 0.3) is 0 Å². The molecule has 49 heavy (non-hydrogen) atoms. The monoisotopic (exact) mass is 673 g/mol. The van der Waals surface area contributed by atoms with Gasteiger partial charge in [0.2, 0.25) is 0 Å². The normalized spacial score (nSPS) is 51.1. The Kier molecular flexibility index (Phi) is 9.83. The fourth-order valence-corrected chi connectivity index (χ4v) is 18.3. The van der Waals surface area contributed by atoms with Crippen molar-refractivity contribution >= 4 is 0 Å². The fraction of sp³-hybridized carbons (Fsp3) is 1.00. The van der Waals surface area contributed by atoms with Crippen molar-refractivity contribution in [3.63, 3.8) is 0 Å². The van der Waals surface area contributed by atoms with Crippen molar-refractivity contribution in [3.05, 3.63) is 0 Å². The van der Waals surface area contributed by atoms with E-state index in [1.807, 2.05) is 0 Å². The molecule has 0 heterocycles. The van der Waals surface area contributed by atoms with Gasteiger partial charge in [0, 0.05) is 0 Å². The zero-order chi connectivity index (χ0) is 34.5. The third-order valence-corrected chi connectivity index (χ3v) is 21.4. The Labute approximate surface area is 306 Å². The molecule has 8 rings (SSSR count). The van der Waals surface area contributed by atoms with E-state index in [1.165, 1.54) is 32.1 Å². The first-order chi connectivity index (χ1) is 23.5. The maximum atomic E-state index is 2.88. The highest BCUT2D eigenvalue weighted by Gasteiger charge is 2.71. The van der Waals surface area contributed by atoms with Gasteiger partial charge in [-0.05, 0) is 181 Å². The highest BCUT2D eigenvalue weighted by molar-refractivity contribution is 5.19. The number of hydrogen-bond donors (Lipinski definition) is 0. The van der Waals surface area contributed by atoms with Crippen LogP contribution in [0.2, 0.25) is 0 Å². The molecule has 0 nitrogen and oxygen atoms in total. The van der Waals surface area contributed by atoms with Gasteiger partial charge < -0.3 is 0 Å². The Hall–Kier alpha value is 0. The van der Waals surface area contributed by atoms with E-state index < -0.39 is 0 Å². The highest BCUT2D eigenvalue weighted by atomic mass is 14.8. The molecule has 280 valence electrons. The van der Waals surface area contributed by atoms with E-state index in [9.17, 15) is 0 Å². The molecular weight excluding hydrogens is 589 g/mol. The van der Waals surface area contributed by atoms with Gasteiger partial charge in [0.1, 0.15) is 0 Å². The molecule has 16 unspecified atom stereocenters. The van der Waals surface area contributed by atoms with Crippen LogP contribution >= 0.6 is 0 Å². The van der Waals surface area contributed by atoms with Gasteiger partial charge >= 0.3 is 0 Å². The summed E-state index contributed by atoms with van der Waals surface area (Å²) >= 11 is 0. The van der Waals surface area contributed by atoms with Crippen molar-refractivity contribution in [2.75, 3.05) is 0 Å². The summed E-state index contributed by atoms with van der Waals surface area (Å²) in [5.41, 5.74) is 1.68. The minimum Gasteiger partial charge on any atom is -0.0649 e. The van der Waals surface area contributed by atoms with E-state index in [4.69, 9.17) is 0 Å². The Morgan fingerprint density at radius 2 is 1.08 bits per heavy atom. The van der Waals surface area contributed by atoms with Crippen molar-refractivity contribution in [1.29, 1.82) is 0 Å². The summed E-state index contributed by atoms with van der Waals surface area (Å²) in [5, 5.41) is 0. The predicted molar refractivity (Wildman–Crippen MR) is 210 cm³/mol. The molecule has 0 saturated heterocycles. The van der Waals surface area contributed by atoms with E-state index in [-0.39, 0.29) is 0 Å². The summed E-state index contributed by atoms with van der Waals surface area (Å²) in [4.78, 5) is 0. The second kappa shape index (κ2) is 13.4. The first kappa shape index (κ1) is 36.0. The first-order valence-electron chi connectivity index (χ1n) is 23.5. The van der Waals surface area contributed by atoms with Gasteiger partial charge in [-0.15, -0.1) is 0 Å². The van der Waals surface area contributed by atoms with Crippen molar-refractivity contribution in [2.45, 2.75) is 191 Å². The second-order valence-electron chi connectivity index (χ2n) is 22.5. The molecular formula is C49H84. The van der Waals surface area contributed by atoms with E-state index in [1.54, 1.807) is 96.3 Å². The summed E-state index contributed by atoms with van der Waals surface area (Å²) < 4.78 is 0. The van der Waals surface area contributed by atoms with E-state index >= 15 is 0 Å². The lowest BCUT2D eigenvalue weighted by molar-refractivity contribution is -0.105. The van der Waals surface area contributed by atoms with Gasteiger partial charge in [-0.25, -0.2) is 0 Å². The minimum absolute atomic E-state index is 0.522. The molecule has 0 aliphatic heterocycles. The van der Waals surface area contributed by atoms with E-state index in [0.29, 0.717) is 16.2 Å². The van der Waals surface area contributed by atoms with Crippen LogP contribution in [0.1, 0.15) is 191 Å². The van der Waals surface area contributed by atoms with Gasteiger partial charge in [-0.3, -0.25) is 0 Å². The Bertz CT molecular complexity index is 1110. The minimum atomic E-state index is 0.522. The topological polar surface area (TPSA) is 0 Å². The second-order valence-corrected chi connectivity index (χ2v) is 22.5. The highest BCUT2D eigenvalue weighted by Crippen LogP contribution is 2.77. The number of rotatable bonds is 7. The largest absolute Gasteiger partial charge is 0.0649 e. The van der Waals surface area contributed by atoms with Crippen LogP contribution in [0, 0.1) is 117 Å². The molecule has 8 fully saturated rings. The van der Waals surface area contributed by atoms with Crippen molar-refractivity contribution in [2.24, 2.45) is 117 Å². The molecule has 1 spiro atoms. The maximum absolute atomic E-state index is 2.88. The summed E-state index contributed by atoms with van der Waals surface area (Å²) in [6, 6.07) is 0. The molecule has 0 aromatic rings. The Balaban J connectivity index is 1.22. The van der Waals surface area contributed by atoms with Gasteiger partial charge in [0.15, 0.2) is 0 Å². The lowest BCUT2D eigenvalue weighted by atomic mass is 9.45. The van der Waals surface area contributed by atoms with Crippen LogP contribution in [0.15, 0.2) is 0 Å². The van der Waals surface area contributed by atoms with E-state index in [0.717, 1.165) is 101 Å². The molecule has 0 aromatic heterocycles. The van der Waals surface area contributed by atoms with Crippen LogP contribution in [0.5, 0.6) is 0 Å². The quantitative estimate of drug-likeness (QED) is 0.252. The summed E-state index contributed by atoms with van der Waals surface area (Å²) in [5.74, 6) is 17.7. The lowest BCUT2D eigenvalue weighted by Crippen LogP contribution is -2.52. The summed E-state index contributed by atoms with van der Waals surface area (Å²) in [6.45, 7) is 23.9. The van der Waals surface area contributed by atoms with Crippen LogP contribution in [0.3, 0.4) is 0 Å². The fourth-order valence-electron chi connectivity index (χ4n) is 18.3. The van der Waals surface area contributed by atoms with Crippen LogP contribution < -0.4 is 0 Å². The number of hydrogen-bond acceptors (Lipinski definition) is 0.